The number of aryl methyl sites for hydroxylation is 2. The molecule has 28 heavy (non-hydrogen) atoms. The van der Waals surface area contributed by atoms with E-state index < -0.39 is 5.97 Å². The van der Waals surface area contributed by atoms with Gasteiger partial charge in [0.25, 0.3) is 0 Å². The number of aromatic nitrogens is 3. The summed E-state index contributed by atoms with van der Waals surface area (Å²) in [5.74, 6) is 0.530. The third-order valence-electron chi connectivity index (χ3n) is 5.13. The van der Waals surface area contributed by atoms with E-state index in [4.69, 9.17) is 4.98 Å². The minimum Gasteiger partial charge on any atom is -0.477 e. The lowest BCUT2D eigenvalue weighted by atomic mass is 9.99. The summed E-state index contributed by atoms with van der Waals surface area (Å²) in [5.41, 5.74) is 2.53. The Bertz CT molecular complexity index is 974. The zero-order chi connectivity index (χ0) is 19.5. The molecule has 3 heterocycles. The molecule has 0 amide bonds. The van der Waals surface area contributed by atoms with Crippen LogP contribution in [0.25, 0.3) is 10.7 Å². The number of carboxylic acid groups (broad SMARTS) is 1. The van der Waals surface area contributed by atoms with E-state index in [9.17, 15) is 9.90 Å². The second-order valence-electron chi connectivity index (χ2n) is 7.13. The first-order valence-corrected chi connectivity index (χ1v) is 10.2. The number of hydrogen-bond acceptors (Lipinski definition) is 6. The van der Waals surface area contributed by atoms with Gasteiger partial charge in [0, 0.05) is 13.1 Å². The normalized spacial score (nSPS) is 16.5. The zero-order valence-corrected chi connectivity index (χ0v) is 16.5. The van der Waals surface area contributed by atoms with Gasteiger partial charge in [0.15, 0.2) is 0 Å². The van der Waals surface area contributed by atoms with E-state index in [1.807, 2.05) is 0 Å². The lowest BCUT2D eigenvalue weighted by molar-refractivity contribution is 0.0701. The number of carbonyl (C=O) groups is 1. The van der Waals surface area contributed by atoms with E-state index in [2.05, 4.69) is 45.2 Å². The van der Waals surface area contributed by atoms with E-state index in [0.717, 1.165) is 43.1 Å². The summed E-state index contributed by atoms with van der Waals surface area (Å²) in [7, 11) is 0. The van der Waals surface area contributed by atoms with Gasteiger partial charge in [-0.2, -0.15) is 0 Å². The Morgan fingerprint density at radius 1 is 1.25 bits per heavy atom. The van der Waals surface area contributed by atoms with Crippen LogP contribution >= 0.6 is 11.3 Å². The molecule has 1 aliphatic heterocycles. The fourth-order valence-electron chi connectivity index (χ4n) is 3.61. The number of carboxylic acids is 1. The number of aromatic carboxylic acids is 1. The number of anilines is 1. The van der Waals surface area contributed by atoms with E-state index >= 15 is 0 Å². The van der Waals surface area contributed by atoms with Crippen molar-refractivity contribution in [2.75, 3.05) is 18.0 Å². The van der Waals surface area contributed by atoms with Crippen molar-refractivity contribution in [1.82, 2.24) is 15.0 Å². The maximum atomic E-state index is 11.3. The number of rotatable bonds is 6. The van der Waals surface area contributed by atoms with E-state index in [1.165, 1.54) is 12.0 Å². The molecule has 0 saturated carbocycles. The third-order valence-corrected chi connectivity index (χ3v) is 6.29. The van der Waals surface area contributed by atoms with Gasteiger partial charge in [-0.1, -0.05) is 30.3 Å². The fraction of sp³-hybridized carbons (Fsp3) is 0.333. The van der Waals surface area contributed by atoms with Crippen LogP contribution in [0.3, 0.4) is 0 Å². The van der Waals surface area contributed by atoms with Crippen LogP contribution < -0.4 is 4.90 Å². The SMILES string of the molecule is Cc1nc(-c2cncc(N3CCC(CCc4ccccc4)C3)n2)sc1C(=O)O. The van der Waals surface area contributed by atoms with Gasteiger partial charge in [0.05, 0.1) is 18.1 Å². The molecule has 0 radical (unpaired) electrons. The first kappa shape index (κ1) is 18.6. The molecule has 144 valence electrons. The van der Waals surface area contributed by atoms with Crippen LogP contribution in [0.5, 0.6) is 0 Å². The molecule has 0 aliphatic carbocycles. The number of hydrogen-bond donors (Lipinski definition) is 1. The summed E-state index contributed by atoms with van der Waals surface area (Å²) in [4.78, 5) is 27.2. The van der Waals surface area contributed by atoms with Gasteiger partial charge >= 0.3 is 5.97 Å². The Labute approximate surface area is 167 Å². The van der Waals surface area contributed by atoms with Crippen molar-refractivity contribution >= 4 is 23.1 Å². The van der Waals surface area contributed by atoms with Crippen LogP contribution in [0.4, 0.5) is 5.82 Å². The van der Waals surface area contributed by atoms with Crippen molar-refractivity contribution in [2.24, 2.45) is 5.92 Å². The van der Waals surface area contributed by atoms with Crippen molar-refractivity contribution < 1.29 is 9.90 Å². The molecule has 6 nitrogen and oxygen atoms in total. The molecule has 1 N–H and O–H groups in total. The van der Waals surface area contributed by atoms with Crippen molar-refractivity contribution in [3.05, 3.63) is 58.9 Å². The molecule has 3 aromatic rings. The predicted octanol–water partition coefficient (Wildman–Crippen LogP) is 4.07. The highest BCUT2D eigenvalue weighted by Gasteiger charge is 2.24. The van der Waals surface area contributed by atoms with Crippen LogP contribution in [-0.2, 0) is 6.42 Å². The van der Waals surface area contributed by atoms with Crippen molar-refractivity contribution in [2.45, 2.75) is 26.2 Å². The number of nitrogens with zero attached hydrogens (tertiary/aromatic N) is 4. The maximum Gasteiger partial charge on any atom is 0.347 e. The van der Waals surface area contributed by atoms with Crippen LogP contribution in [0.1, 0.15) is 33.8 Å². The molecule has 0 spiro atoms. The second-order valence-corrected chi connectivity index (χ2v) is 8.13. The average Bonchev–Trinajstić information content (AvgIpc) is 3.34. The Morgan fingerprint density at radius 3 is 2.82 bits per heavy atom. The number of benzene rings is 1. The predicted molar refractivity (Wildman–Crippen MR) is 110 cm³/mol. The third kappa shape index (κ3) is 4.04. The standard InChI is InChI=1S/C21H22N4O2S/c1-14-19(21(26)27)28-20(23-14)17-11-22-12-18(24-17)25-10-9-16(13-25)8-7-15-5-3-2-4-6-15/h2-6,11-12,16H,7-10,13H2,1H3,(H,26,27). The lowest BCUT2D eigenvalue weighted by Crippen LogP contribution is -2.21. The van der Waals surface area contributed by atoms with Crippen molar-refractivity contribution in [3.8, 4) is 10.7 Å². The smallest absolute Gasteiger partial charge is 0.347 e. The van der Waals surface area contributed by atoms with Gasteiger partial charge in [-0.3, -0.25) is 4.98 Å². The van der Waals surface area contributed by atoms with Gasteiger partial charge in [-0.05, 0) is 37.7 Å². The summed E-state index contributed by atoms with van der Waals surface area (Å²) in [5, 5.41) is 9.84. The van der Waals surface area contributed by atoms with Gasteiger partial charge in [0.1, 0.15) is 21.4 Å². The Hall–Kier alpha value is -2.80. The summed E-state index contributed by atoms with van der Waals surface area (Å²) in [6.07, 6.45) is 6.85. The Balaban J connectivity index is 1.43. The van der Waals surface area contributed by atoms with Crippen LogP contribution in [0.2, 0.25) is 0 Å². The first-order valence-electron chi connectivity index (χ1n) is 9.42. The van der Waals surface area contributed by atoms with Crippen molar-refractivity contribution in [3.63, 3.8) is 0 Å². The molecule has 1 saturated heterocycles. The summed E-state index contributed by atoms with van der Waals surface area (Å²) >= 11 is 1.15. The average molecular weight is 395 g/mol. The van der Waals surface area contributed by atoms with Crippen LogP contribution in [0.15, 0.2) is 42.7 Å². The molecule has 2 aromatic heterocycles. The molecule has 1 aromatic carbocycles. The molecule has 1 unspecified atom stereocenters. The van der Waals surface area contributed by atoms with Gasteiger partial charge in [0.2, 0.25) is 0 Å². The monoisotopic (exact) mass is 394 g/mol. The topological polar surface area (TPSA) is 79.2 Å². The van der Waals surface area contributed by atoms with Gasteiger partial charge < -0.3 is 10.0 Å². The van der Waals surface area contributed by atoms with Crippen LogP contribution in [-0.4, -0.2) is 39.1 Å². The molecule has 0 bridgehead atoms. The highest BCUT2D eigenvalue weighted by Crippen LogP contribution is 2.29. The quantitative estimate of drug-likeness (QED) is 0.679. The van der Waals surface area contributed by atoms with Gasteiger partial charge in [-0.15, -0.1) is 11.3 Å². The molecule has 4 rings (SSSR count). The van der Waals surface area contributed by atoms with E-state index in [-0.39, 0.29) is 4.88 Å². The number of thiazole rings is 1. The minimum atomic E-state index is -0.953. The lowest BCUT2D eigenvalue weighted by Gasteiger charge is -2.17. The van der Waals surface area contributed by atoms with Crippen molar-refractivity contribution in [1.29, 1.82) is 0 Å². The highest BCUT2D eigenvalue weighted by atomic mass is 32.1. The molecule has 1 atom stereocenters. The molecule has 1 fully saturated rings. The molecule has 1 aliphatic rings. The van der Waals surface area contributed by atoms with Crippen LogP contribution in [0, 0.1) is 12.8 Å². The summed E-state index contributed by atoms with van der Waals surface area (Å²) in [6, 6.07) is 10.6. The molecular weight excluding hydrogens is 372 g/mol. The summed E-state index contributed by atoms with van der Waals surface area (Å²) < 4.78 is 0. The Morgan fingerprint density at radius 2 is 2.07 bits per heavy atom. The highest BCUT2D eigenvalue weighted by molar-refractivity contribution is 7.17. The van der Waals surface area contributed by atoms with E-state index in [1.54, 1.807) is 19.3 Å². The Kier molecular flexibility index (Phi) is 5.34. The largest absolute Gasteiger partial charge is 0.477 e. The maximum absolute atomic E-state index is 11.3. The molecule has 7 heteroatoms. The first-order chi connectivity index (χ1) is 13.6. The fourth-order valence-corrected chi connectivity index (χ4v) is 4.47. The van der Waals surface area contributed by atoms with Gasteiger partial charge in [-0.25, -0.2) is 14.8 Å². The minimum absolute atomic E-state index is 0.254. The summed E-state index contributed by atoms with van der Waals surface area (Å²) in [6.45, 7) is 3.65. The second kappa shape index (κ2) is 8.06. The zero-order valence-electron chi connectivity index (χ0n) is 15.7. The molecular formula is C21H22N4O2S. The van der Waals surface area contributed by atoms with E-state index in [0.29, 0.717) is 22.3 Å².